The molecule has 0 atom stereocenters. The first-order valence-electron chi connectivity index (χ1n) is 12.6. The molecule has 6 rings (SSSR count). The third-order valence-corrected chi connectivity index (χ3v) is 7.33. The molecule has 0 fully saturated rings. The van der Waals surface area contributed by atoms with E-state index in [-0.39, 0.29) is 56.1 Å². The number of fused-ring (bicyclic) bond motifs is 3. The smallest absolute Gasteiger partial charge is 1.00 e. The first-order chi connectivity index (χ1) is 17.9. The Bertz CT molecular complexity index is 1460. The van der Waals surface area contributed by atoms with Crippen molar-refractivity contribution in [3.8, 4) is 0 Å². The Morgan fingerprint density at radius 1 is 0.550 bits per heavy atom. The van der Waals surface area contributed by atoms with Crippen LogP contribution in [-0.4, -0.2) is 9.52 Å². The molecule has 6 aromatic rings. The van der Waals surface area contributed by atoms with Crippen molar-refractivity contribution in [2.45, 2.75) is 26.2 Å². The van der Waals surface area contributed by atoms with E-state index in [0.717, 1.165) is 9.52 Å². The molecule has 0 heterocycles. The van der Waals surface area contributed by atoms with Crippen LogP contribution >= 0.6 is 0 Å². The summed E-state index contributed by atoms with van der Waals surface area (Å²) in [4.78, 5) is 0. The summed E-state index contributed by atoms with van der Waals surface area (Å²) in [5.41, 5.74) is 9.40. The molecule has 0 aliphatic heterocycles. The van der Waals surface area contributed by atoms with Crippen LogP contribution in [-0.2, 0) is 31.3 Å². The molecule has 40 heavy (non-hydrogen) atoms. The molecule has 0 spiro atoms. The van der Waals surface area contributed by atoms with Gasteiger partial charge < -0.3 is 30.5 Å². The zero-order valence-electron chi connectivity index (χ0n) is 23.0. The van der Waals surface area contributed by atoms with Crippen molar-refractivity contribution in [1.29, 1.82) is 0 Å². The van der Waals surface area contributed by atoms with Crippen LogP contribution in [0.4, 0.5) is 5.69 Å². The van der Waals surface area contributed by atoms with Crippen molar-refractivity contribution >= 4 is 47.1 Å². The second-order valence-corrected chi connectivity index (χ2v) is 11.4. The molecule has 1 N–H and O–H groups in total. The van der Waals surface area contributed by atoms with Gasteiger partial charge in [-0.1, -0.05) is 152 Å². The summed E-state index contributed by atoms with van der Waals surface area (Å²) < 4.78 is 0. The predicted octanol–water partition coefficient (Wildman–Crippen LogP) is 2.73. The van der Waals surface area contributed by atoms with Crippen LogP contribution in [0.15, 0.2) is 140 Å². The van der Waals surface area contributed by atoms with E-state index >= 15 is 0 Å². The Balaban J connectivity index is 0.000000291. The molecular weight excluding hydrogens is 712 g/mol. The molecule has 0 saturated carbocycles. The molecule has 0 bridgehead atoms. The number of benzene rings is 5. The van der Waals surface area contributed by atoms with Gasteiger partial charge in [-0.3, -0.25) is 0 Å². The first-order valence-corrected chi connectivity index (χ1v) is 13.6. The van der Waals surface area contributed by atoms with Gasteiger partial charge in [-0.05, 0) is 11.0 Å². The normalized spacial score (nSPS) is 9.97. The largest absolute Gasteiger partial charge is 4.00 e. The average Bonchev–Trinajstić information content (AvgIpc) is 3.29. The molecule has 1 nitrogen and oxygen atoms in total. The fourth-order valence-electron chi connectivity index (χ4n) is 4.10. The summed E-state index contributed by atoms with van der Waals surface area (Å²) >= 11 is 0. The van der Waals surface area contributed by atoms with Gasteiger partial charge in [0.2, 0.25) is 0 Å². The summed E-state index contributed by atoms with van der Waals surface area (Å²) in [6.45, 7) is 6.46. The monoisotopic (exact) mass is 745 g/mol. The topological polar surface area (TPSA) is 23.8 Å². The van der Waals surface area contributed by atoms with Gasteiger partial charge in [-0.15, -0.1) is 45.4 Å². The van der Waals surface area contributed by atoms with Crippen LogP contribution in [0.1, 0.15) is 26.3 Å². The number of hydrogen-bond donors (Lipinski definition) is 0. The van der Waals surface area contributed by atoms with E-state index in [1.165, 1.54) is 37.5 Å². The molecule has 0 aromatic heterocycles. The minimum absolute atomic E-state index is 0. The maximum atomic E-state index is 7.42. The van der Waals surface area contributed by atoms with E-state index in [2.05, 4.69) is 142 Å². The Morgan fingerprint density at radius 3 is 1.38 bits per heavy atom. The van der Waals surface area contributed by atoms with Crippen LogP contribution in [0.5, 0.6) is 0 Å². The first kappa shape index (κ1) is 35.5. The van der Waals surface area contributed by atoms with Gasteiger partial charge in [0, 0.05) is 0 Å². The van der Waals surface area contributed by atoms with Crippen molar-refractivity contribution in [2.75, 3.05) is 0 Å². The van der Waals surface area contributed by atoms with Crippen molar-refractivity contribution < 1.29 is 50.7 Å². The third-order valence-electron chi connectivity index (χ3n) is 6.09. The average molecular weight is 745 g/mol. The molecule has 5 heteroatoms. The van der Waals surface area contributed by atoms with Crippen LogP contribution in [0, 0.1) is 0 Å². The third kappa shape index (κ3) is 10.4. The van der Waals surface area contributed by atoms with Crippen LogP contribution in [0.3, 0.4) is 0 Å². The summed E-state index contributed by atoms with van der Waals surface area (Å²) in [5, 5.41) is 8.19. The Kier molecular flexibility index (Phi) is 15.3. The molecule has 6 aromatic carbocycles. The summed E-state index contributed by atoms with van der Waals surface area (Å²) in [6, 6.07) is 48.1. The molecule has 0 unspecified atom stereocenters. The van der Waals surface area contributed by atoms with E-state index in [4.69, 9.17) is 5.73 Å². The fraction of sp³-hybridized carbons (Fsp3) is 0.114. The van der Waals surface area contributed by atoms with E-state index in [9.17, 15) is 0 Å². The van der Waals surface area contributed by atoms with Gasteiger partial charge in [0.1, 0.15) is 9.52 Å². The predicted molar refractivity (Wildman–Crippen MR) is 164 cm³/mol. The maximum absolute atomic E-state index is 7.42. The van der Waals surface area contributed by atoms with Gasteiger partial charge in [0.15, 0.2) is 0 Å². The SMILES string of the molecule is CC(C)(C)c1cccc([NH-])c1.[Cl-].[Cl-].[Hf+4].c1ccc([Si]c2ccccc2)cc1.c1ccc2c(c1)[cH-]c1ccccc12. The van der Waals surface area contributed by atoms with Gasteiger partial charge in [0.05, 0.1) is 0 Å². The van der Waals surface area contributed by atoms with Crippen LogP contribution in [0.25, 0.3) is 27.3 Å². The minimum atomic E-state index is 0. The van der Waals surface area contributed by atoms with E-state index in [1.807, 2.05) is 12.1 Å². The zero-order chi connectivity index (χ0) is 26.1. The van der Waals surface area contributed by atoms with Crippen LogP contribution < -0.4 is 35.2 Å². The molecular formula is C35H33Cl2HfNSi. The van der Waals surface area contributed by atoms with E-state index in [0.29, 0.717) is 5.69 Å². The van der Waals surface area contributed by atoms with Gasteiger partial charge in [0.25, 0.3) is 0 Å². The van der Waals surface area contributed by atoms with Crippen LogP contribution in [0.2, 0.25) is 0 Å². The summed E-state index contributed by atoms with van der Waals surface area (Å²) in [6.07, 6.45) is 0. The summed E-state index contributed by atoms with van der Waals surface area (Å²) in [5.74, 6) is 0. The number of hydrogen-bond acceptors (Lipinski definition) is 0. The van der Waals surface area contributed by atoms with Crippen molar-refractivity contribution in [3.63, 3.8) is 0 Å². The maximum Gasteiger partial charge on any atom is 4.00 e. The molecule has 0 saturated heterocycles. The van der Waals surface area contributed by atoms with Crippen molar-refractivity contribution in [2.24, 2.45) is 0 Å². The number of rotatable bonds is 2. The van der Waals surface area contributed by atoms with Crippen molar-refractivity contribution in [3.05, 3.63) is 151 Å². The molecule has 0 aliphatic rings. The molecule has 200 valence electrons. The number of halogens is 2. The second kappa shape index (κ2) is 17.3. The Hall–Kier alpha value is -2.56. The van der Waals surface area contributed by atoms with E-state index in [1.54, 1.807) is 6.07 Å². The van der Waals surface area contributed by atoms with Gasteiger partial charge >= 0.3 is 25.8 Å². The molecule has 0 amide bonds. The number of nitrogens with one attached hydrogen (secondary N) is 1. The second-order valence-electron chi connectivity index (χ2n) is 10.0. The quantitative estimate of drug-likeness (QED) is 0.193. The Labute approximate surface area is 273 Å². The van der Waals surface area contributed by atoms with Gasteiger partial charge in [-0.2, -0.15) is 0 Å². The van der Waals surface area contributed by atoms with E-state index < -0.39 is 0 Å². The molecule has 0 aliphatic carbocycles. The van der Waals surface area contributed by atoms with Gasteiger partial charge in [-0.25, -0.2) is 0 Å². The molecule has 2 radical (unpaired) electrons. The minimum Gasteiger partial charge on any atom is -1.00 e. The standard InChI is InChI=1S/C13H9.C12H10Si.C10H14N.2ClH.Hf/c1-3-7-12-10(5-1)9-11-6-2-4-8-13(11)12;1-3-7-11(8-4-1)13-12-9-5-2-6-10-12;1-10(2,3)8-5-4-6-9(11)7-8;;;/h1-9H;1-10H;4-7,11H,1-3H3;2*1H;/q-1;;-1;;;+4/p-2. The fourth-order valence-corrected chi connectivity index (χ4v) is 5.15. The van der Waals surface area contributed by atoms with Crippen molar-refractivity contribution in [1.82, 2.24) is 0 Å². The summed E-state index contributed by atoms with van der Waals surface area (Å²) in [7, 11) is 0.777. The zero-order valence-corrected chi connectivity index (χ0v) is 29.1. The Morgan fingerprint density at radius 2 is 0.975 bits per heavy atom.